The number of rotatable bonds is 5. The third-order valence-electron chi connectivity index (χ3n) is 2.41. The molecule has 19 heavy (non-hydrogen) atoms. The van der Waals surface area contributed by atoms with Crippen molar-refractivity contribution >= 4 is 6.47 Å². The van der Waals surface area contributed by atoms with Gasteiger partial charge in [-0.1, -0.05) is 30.3 Å². The van der Waals surface area contributed by atoms with E-state index in [2.05, 4.69) is 4.74 Å². The monoisotopic (exact) mass is 264 g/mol. The molecule has 0 N–H and O–H groups in total. The number of ether oxygens (including phenoxy) is 2. The molecule has 0 aliphatic rings. The minimum atomic E-state index is -1.04. The molecule has 2 rings (SSSR count). The van der Waals surface area contributed by atoms with Crippen molar-refractivity contribution in [1.82, 2.24) is 0 Å². The van der Waals surface area contributed by atoms with Gasteiger partial charge in [-0.3, -0.25) is 4.79 Å². The Labute approximate surface area is 108 Å². The molecule has 0 saturated heterocycles. The van der Waals surface area contributed by atoms with Crippen molar-refractivity contribution in [2.45, 2.75) is 6.61 Å². The standard InChI is InChI=1S/C14H10F2O3/c15-11-6-7-12(19-9-17)13(16)14(11)18-8-10-4-2-1-3-5-10/h1-7,9H,8H2. The van der Waals surface area contributed by atoms with Gasteiger partial charge in [-0.25, -0.2) is 4.39 Å². The number of hydrogen-bond donors (Lipinski definition) is 0. The van der Waals surface area contributed by atoms with Gasteiger partial charge in [-0.15, -0.1) is 0 Å². The summed E-state index contributed by atoms with van der Waals surface area (Å²) < 4.78 is 36.7. The highest BCUT2D eigenvalue weighted by Crippen LogP contribution is 2.29. The van der Waals surface area contributed by atoms with Crippen LogP contribution in [0.3, 0.4) is 0 Å². The zero-order valence-corrected chi connectivity index (χ0v) is 9.81. The zero-order valence-electron chi connectivity index (χ0n) is 9.81. The van der Waals surface area contributed by atoms with Crippen LogP contribution in [-0.2, 0) is 11.4 Å². The topological polar surface area (TPSA) is 35.5 Å². The molecule has 3 nitrogen and oxygen atoms in total. The molecule has 2 aromatic carbocycles. The van der Waals surface area contributed by atoms with Gasteiger partial charge in [0, 0.05) is 0 Å². The Balaban J connectivity index is 2.19. The van der Waals surface area contributed by atoms with E-state index in [1.165, 1.54) is 0 Å². The van der Waals surface area contributed by atoms with Gasteiger partial charge in [0.2, 0.25) is 5.82 Å². The largest absolute Gasteiger partial charge is 0.483 e. The van der Waals surface area contributed by atoms with Gasteiger partial charge < -0.3 is 9.47 Å². The number of hydrogen-bond acceptors (Lipinski definition) is 3. The lowest BCUT2D eigenvalue weighted by Crippen LogP contribution is -2.02. The number of halogens is 2. The molecule has 98 valence electrons. The Morgan fingerprint density at radius 2 is 1.79 bits per heavy atom. The molecule has 0 aliphatic heterocycles. The van der Waals surface area contributed by atoms with Crippen LogP contribution in [0.2, 0.25) is 0 Å². The summed E-state index contributed by atoms with van der Waals surface area (Å²) in [5.74, 6) is -2.84. The lowest BCUT2D eigenvalue weighted by molar-refractivity contribution is -0.120. The van der Waals surface area contributed by atoms with E-state index in [4.69, 9.17) is 4.74 Å². The van der Waals surface area contributed by atoms with Gasteiger partial charge in [0.1, 0.15) is 6.61 Å². The molecule has 0 aliphatic carbocycles. The van der Waals surface area contributed by atoms with E-state index in [1.807, 2.05) is 6.07 Å². The molecule has 0 atom stereocenters. The van der Waals surface area contributed by atoms with E-state index in [0.717, 1.165) is 17.7 Å². The predicted molar refractivity (Wildman–Crippen MR) is 63.8 cm³/mol. The van der Waals surface area contributed by atoms with E-state index in [-0.39, 0.29) is 18.8 Å². The minimum Gasteiger partial charge on any atom is -0.483 e. The van der Waals surface area contributed by atoms with Crippen LogP contribution in [0.4, 0.5) is 8.78 Å². The van der Waals surface area contributed by atoms with E-state index in [0.29, 0.717) is 0 Å². The molecular formula is C14H10F2O3. The van der Waals surface area contributed by atoms with Crippen molar-refractivity contribution in [1.29, 1.82) is 0 Å². The van der Waals surface area contributed by atoms with Gasteiger partial charge in [-0.2, -0.15) is 4.39 Å². The van der Waals surface area contributed by atoms with Gasteiger partial charge in [0.15, 0.2) is 17.3 Å². The molecule has 0 bridgehead atoms. The fraction of sp³-hybridized carbons (Fsp3) is 0.0714. The highest BCUT2D eigenvalue weighted by molar-refractivity contribution is 5.48. The second kappa shape index (κ2) is 5.95. The Morgan fingerprint density at radius 1 is 1.05 bits per heavy atom. The molecule has 0 spiro atoms. The average Bonchev–Trinajstić information content (AvgIpc) is 2.43. The third-order valence-corrected chi connectivity index (χ3v) is 2.41. The SMILES string of the molecule is O=COc1ccc(F)c(OCc2ccccc2)c1F. The first kappa shape index (κ1) is 13.0. The molecule has 0 amide bonds. The molecule has 0 heterocycles. The summed E-state index contributed by atoms with van der Waals surface area (Å²) in [5.41, 5.74) is 0.767. The Bertz CT molecular complexity index is 570. The Kier molecular flexibility index (Phi) is 4.07. The Morgan fingerprint density at radius 3 is 2.47 bits per heavy atom. The van der Waals surface area contributed by atoms with Gasteiger partial charge in [-0.05, 0) is 17.7 Å². The van der Waals surface area contributed by atoms with Crippen molar-refractivity contribution in [3.05, 3.63) is 59.7 Å². The van der Waals surface area contributed by atoms with Gasteiger partial charge in [0.05, 0.1) is 0 Å². The van der Waals surface area contributed by atoms with Crippen molar-refractivity contribution in [2.24, 2.45) is 0 Å². The van der Waals surface area contributed by atoms with E-state index >= 15 is 0 Å². The molecule has 0 unspecified atom stereocenters. The maximum absolute atomic E-state index is 13.8. The summed E-state index contributed by atoms with van der Waals surface area (Å²) in [6.07, 6.45) is 0. The first-order chi connectivity index (χ1) is 9.22. The van der Waals surface area contributed by atoms with Crippen LogP contribution in [-0.4, -0.2) is 6.47 Å². The van der Waals surface area contributed by atoms with Crippen LogP contribution in [0.25, 0.3) is 0 Å². The molecule has 0 radical (unpaired) electrons. The average molecular weight is 264 g/mol. The molecule has 0 saturated carbocycles. The lowest BCUT2D eigenvalue weighted by Gasteiger charge is -2.10. The maximum atomic E-state index is 13.8. The maximum Gasteiger partial charge on any atom is 0.298 e. The summed E-state index contributed by atoms with van der Waals surface area (Å²) in [5, 5.41) is 0. The molecule has 5 heteroatoms. The van der Waals surface area contributed by atoms with Crippen LogP contribution in [0, 0.1) is 11.6 Å². The van der Waals surface area contributed by atoms with Crippen molar-refractivity contribution in [3.63, 3.8) is 0 Å². The van der Waals surface area contributed by atoms with E-state index < -0.39 is 17.4 Å². The smallest absolute Gasteiger partial charge is 0.298 e. The first-order valence-corrected chi connectivity index (χ1v) is 5.47. The number of carbonyl (C=O) groups excluding carboxylic acids is 1. The fourth-order valence-electron chi connectivity index (χ4n) is 1.52. The van der Waals surface area contributed by atoms with Gasteiger partial charge >= 0.3 is 0 Å². The summed E-state index contributed by atoms with van der Waals surface area (Å²) in [6.45, 7) is 0.0799. The highest BCUT2D eigenvalue weighted by atomic mass is 19.1. The highest BCUT2D eigenvalue weighted by Gasteiger charge is 2.16. The van der Waals surface area contributed by atoms with Crippen LogP contribution in [0.5, 0.6) is 11.5 Å². The summed E-state index contributed by atoms with van der Waals surface area (Å²) in [7, 11) is 0. The fourth-order valence-corrected chi connectivity index (χ4v) is 1.52. The molecular weight excluding hydrogens is 254 g/mol. The van der Waals surface area contributed by atoms with E-state index in [9.17, 15) is 13.6 Å². The van der Waals surface area contributed by atoms with Crippen molar-refractivity contribution < 1.29 is 23.0 Å². The Hall–Kier alpha value is -2.43. The second-order valence-electron chi connectivity index (χ2n) is 3.68. The zero-order chi connectivity index (χ0) is 13.7. The van der Waals surface area contributed by atoms with Crippen molar-refractivity contribution in [3.8, 4) is 11.5 Å². The van der Waals surface area contributed by atoms with Crippen LogP contribution in [0.1, 0.15) is 5.56 Å². The van der Waals surface area contributed by atoms with Crippen LogP contribution < -0.4 is 9.47 Å². The number of carbonyl (C=O) groups is 1. The summed E-state index contributed by atoms with van der Waals surface area (Å²) in [6, 6.07) is 10.9. The van der Waals surface area contributed by atoms with E-state index in [1.54, 1.807) is 24.3 Å². The number of benzene rings is 2. The normalized spacial score (nSPS) is 10.0. The first-order valence-electron chi connectivity index (χ1n) is 5.47. The molecule has 0 aromatic heterocycles. The molecule has 2 aromatic rings. The van der Waals surface area contributed by atoms with Crippen molar-refractivity contribution in [2.75, 3.05) is 0 Å². The molecule has 0 fully saturated rings. The third kappa shape index (κ3) is 3.07. The summed E-state index contributed by atoms with van der Waals surface area (Å²) in [4.78, 5) is 10.2. The van der Waals surface area contributed by atoms with Crippen LogP contribution >= 0.6 is 0 Å². The van der Waals surface area contributed by atoms with Gasteiger partial charge in [0.25, 0.3) is 6.47 Å². The minimum absolute atomic E-state index is 0.0131. The second-order valence-corrected chi connectivity index (χ2v) is 3.68. The lowest BCUT2D eigenvalue weighted by atomic mass is 10.2. The van der Waals surface area contributed by atoms with Crippen LogP contribution in [0.15, 0.2) is 42.5 Å². The summed E-state index contributed by atoms with van der Waals surface area (Å²) >= 11 is 0. The quantitative estimate of drug-likeness (QED) is 0.778. The predicted octanol–water partition coefficient (Wildman–Crippen LogP) is 3.08.